The Kier molecular flexibility index (Phi) is 5.19. The summed E-state index contributed by atoms with van der Waals surface area (Å²) in [4.78, 5) is 19.0. The van der Waals surface area contributed by atoms with Crippen LogP contribution in [0.2, 0.25) is 0 Å². The molecular weight excluding hydrogens is 288 g/mol. The van der Waals surface area contributed by atoms with E-state index in [4.69, 9.17) is 4.74 Å². The minimum absolute atomic E-state index is 0.0651. The number of amides is 1. The molecule has 126 valence electrons. The fourth-order valence-corrected chi connectivity index (χ4v) is 3.99. The van der Waals surface area contributed by atoms with Crippen LogP contribution in [-0.2, 0) is 0 Å². The quantitative estimate of drug-likeness (QED) is 0.846. The first kappa shape index (κ1) is 16.3. The minimum atomic E-state index is 0.0651. The Labute approximate surface area is 139 Å². The molecule has 2 aliphatic rings. The zero-order valence-corrected chi connectivity index (χ0v) is 14.3. The molecule has 1 aromatic rings. The highest BCUT2D eigenvalue weighted by Gasteiger charge is 2.32. The number of pyridine rings is 1. The van der Waals surface area contributed by atoms with Gasteiger partial charge in [0.2, 0.25) is 5.88 Å². The van der Waals surface area contributed by atoms with Crippen molar-refractivity contribution < 1.29 is 9.53 Å². The van der Waals surface area contributed by atoms with Crippen molar-refractivity contribution >= 4 is 5.91 Å². The first-order valence-corrected chi connectivity index (χ1v) is 9.05. The third-order valence-corrected chi connectivity index (χ3v) is 5.17. The van der Waals surface area contributed by atoms with Gasteiger partial charge in [-0.2, -0.15) is 0 Å². The number of hydrogen-bond donors (Lipinski definition) is 0. The van der Waals surface area contributed by atoms with Gasteiger partial charge in [-0.1, -0.05) is 32.1 Å². The van der Waals surface area contributed by atoms with Crippen molar-refractivity contribution in [1.82, 2.24) is 9.88 Å². The molecule has 1 atom stereocenters. The van der Waals surface area contributed by atoms with E-state index in [-0.39, 0.29) is 12.0 Å². The molecule has 0 bridgehead atoms. The van der Waals surface area contributed by atoms with Gasteiger partial charge < -0.3 is 9.64 Å². The van der Waals surface area contributed by atoms with Gasteiger partial charge in [0.1, 0.15) is 0 Å². The second-order valence-electron chi connectivity index (χ2n) is 7.25. The Bertz CT molecular complexity index is 538. The topological polar surface area (TPSA) is 42.4 Å². The maximum Gasteiger partial charge on any atom is 0.254 e. The van der Waals surface area contributed by atoms with Crippen LogP contribution in [0.15, 0.2) is 18.3 Å². The van der Waals surface area contributed by atoms with Crippen LogP contribution in [0.1, 0.15) is 62.7 Å². The van der Waals surface area contributed by atoms with Crippen LogP contribution >= 0.6 is 0 Å². The van der Waals surface area contributed by atoms with Gasteiger partial charge in [-0.15, -0.1) is 0 Å². The lowest BCUT2D eigenvalue weighted by atomic mass is 9.80. The highest BCUT2D eigenvalue weighted by atomic mass is 16.5. The molecule has 1 amide bonds. The van der Waals surface area contributed by atoms with Crippen molar-refractivity contribution in [2.24, 2.45) is 11.8 Å². The van der Waals surface area contributed by atoms with Gasteiger partial charge in [0.05, 0.1) is 6.10 Å². The van der Waals surface area contributed by atoms with Crippen molar-refractivity contribution in [3.8, 4) is 5.88 Å². The molecule has 0 N–H and O–H groups in total. The van der Waals surface area contributed by atoms with Gasteiger partial charge in [0.15, 0.2) is 0 Å². The van der Waals surface area contributed by atoms with Crippen molar-refractivity contribution in [3.63, 3.8) is 0 Å². The van der Waals surface area contributed by atoms with Crippen molar-refractivity contribution in [2.45, 2.75) is 58.5 Å². The van der Waals surface area contributed by atoms with Gasteiger partial charge >= 0.3 is 0 Å². The van der Waals surface area contributed by atoms with Gasteiger partial charge in [-0.05, 0) is 38.2 Å². The Morgan fingerprint density at radius 2 is 2.00 bits per heavy atom. The van der Waals surface area contributed by atoms with E-state index in [0.29, 0.717) is 17.4 Å². The van der Waals surface area contributed by atoms with E-state index < -0.39 is 0 Å². The second-order valence-corrected chi connectivity index (χ2v) is 7.25. The first-order chi connectivity index (χ1) is 11.1. The zero-order valence-electron chi connectivity index (χ0n) is 14.3. The molecule has 1 unspecified atom stereocenters. The van der Waals surface area contributed by atoms with E-state index in [0.717, 1.165) is 25.4 Å². The Hall–Kier alpha value is -1.58. The van der Waals surface area contributed by atoms with Gasteiger partial charge in [-0.3, -0.25) is 4.79 Å². The molecule has 0 spiro atoms. The lowest BCUT2D eigenvalue weighted by Gasteiger charge is -2.27. The molecule has 4 heteroatoms. The third kappa shape index (κ3) is 4.04. The Morgan fingerprint density at radius 1 is 1.22 bits per heavy atom. The summed E-state index contributed by atoms with van der Waals surface area (Å²) < 4.78 is 5.60. The average Bonchev–Trinajstić information content (AvgIpc) is 3.04. The second kappa shape index (κ2) is 7.33. The number of nitrogens with zero attached hydrogens (tertiary/aromatic N) is 2. The maximum atomic E-state index is 12.8. The maximum absolute atomic E-state index is 12.8. The van der Waals surface area contributed by atoms with E-state index in [9.17, 15) is 4.79 Å². The van der Waals surface area contributed by atoms with Crippen LogP contribution < -0.4 is 4.74 Å². The summed E-state index contributed by atoms with van der Waals surface area (Å²) in [5, 5.41) is 0. The van der Waals surface area contributed by atoms with Crippen LogP contribution in [-0.4, -0.2) is 35.0 Å². The molecule has 1 saturated heterocycles. The van der Waals surface area contributed by atoms with Crippen LogP contribution in [0.25, 0.3) is 0 Å². The number of ether oxygens (including phenoxy) is 1. The molecular formula is C19H28N2O2. The molecule has 0 radical (unpaired) electrons. The summed E-state index contributed by atoms with van der Waals surface area (Å²) in [6, 6.07) is 3.57. The summed E-state index contributed by atoms with van der Waals surface area (Å²) in [6.45, 7) is 5.74. The monoisotopic (exact) mass is 316 g/mol. The van der Waals surface area contributed by atoms with E-state index in [2.05, 4.69) is 4.98 Å². The molecule has 4 nitrogen and oxygen atoms in total. The number of hydrogen-bond acceptors (Lipinski definition) is 3. The molecule has 1 aromatic heterocycles. The smallest absolute Gasteiger partial charge is 0.254 e. The van der Waals surface area contributed by atoms with Gasteiger partial charge in [-0.25, -0.2) is 4.98 Å². The summed E-state index contributed by atoms with van der Waals surface area (Å²) in [5.74, 6) is 2.19. The molecule has 1 aliphatic carbocycles. The summed E-state index contributed by atoms with van der Waals surface area (Å²) in [5.41, 5.74) is 0.694. The highest BCUT2D eigenvalue weighted by molar-refractivity contribution is 5.94. The summed E-state index contributed by atoms with van der Waals surface area (Å²) >= 11 is 0. The van der Waals surface area contributed by atoms with Crippen LogP contribution in [0.4, 0.5) is 0 Å². The SMILES string of the molecule is CC(C)Oc1cc(C(=O)N2CCC(C3CCCCC3)C2)ccn1. The predicted molar refractivity (Wildman–Crippen MR) is 90.6 cm³/mol. The third-order valence-electron chi connectivity index (χ3n) is 5.17. The first-order valence-electron chi connectivity index (χ1n) is 9.05. The largest absolute Gasteiger partial charge is 0.475 e. The number of likely N-dealkylation sites (tertiary alicyclic amines) is 1. The molecule has 1 aliphatic heterocycles. The van der Waals surface area contributed by atoms with Crippen LogP contribution in [0, 0.1) is 11.8 Å². The number of carbonyl (C=O) groups is 1. The Balaban J connectivity index is 1.62. The number of carbonyl (C=O) groups excluding carboxylic acids is 1. The molecule has 3 rings (SSSR count). The minimum Gasteiger partial charge on any atom is -0.475 e. The van der Waals surface area contributed by atoms with E-state index in [1.807, 2.05) is 18.7 Å². The number of rotatable bonds is 4. The molecule has 23 heavy (non-hydrogen) atoms. The number of aromatic nitrogens is 1. The standard InChI is InChI=1S/C19H28N2O2/c1-14(2)23-18-12-16(8-10-20-18)19(22)21-11-9-17(13-21)15-6-4-3-5-7-15/h8,10,12,14-15,17H,3-7,9,11,13H2,1-2H3. The van der Waals surface area contributed by atoms with Gasteiger partial charge in [0.25, 0.3) is 5.91 Å². The lowest BCUT2D eigenvalue weighted by molar-refractivity contribution is 0.0778. The van der Waals surface area contributed by atoms with Crippen LogP contribution in [0.5, 0.6) is 5.88 Å². The normalized spacial score (nSPS) is 22.6. The van der Waals surface area contributed by atoms with Crippen molar-refractivity contribution in [2.75, 3.05) is 13.1 Å². The fraction of sp³-hybridized carbons (Fsp3) is 0.684. The highest BCUT2D eigenvalue weighted by Crippen LogP contribution is 2.35. The summed E-state index contributed by atoms with van der Waals surface area (Å²) in [7, 11) is 0. The zero-order chi connectivity index (χ0) is 16.2. The van der Waals surface area contributed by atoms with E-state index >= 15 is 0 Å². The van der Waals surface area contributed by atoms with Crippen LogP contribution in [0.3, 0.4) is 0 Å². The average molecular weight is 316 g/mol. The molecule has 1 saturated carbocycles. The van der Waals surface area contributed by atoms with Crippen molar-refractivity contribution in [3.05, 3.63) is 23.9 Å². The van der Waals surface area contributed by atoms with Gasteiger partial charge in [0, 0.05) is 30.9 Å². The van der Waals surface area contributed by atoms with E-state index in [1.165, 1.54) is 32.1 Å². The van der Waals surface area contributed by atoms with Crippen molar-refractivity contribution in [1.29, 1.82) is 0 Å². The summed E-state index contributed by atoms with van der Waals surface area (Å²) in [6.07, 6.45) is 9.74. The predicted octanol–water partition coefficient (Wildman–Crippen LogP) is 3.91. The van der Waals surface area contributed by atoms with E-state index in [1.54, 1.807) is 18.3 Å². The molecule has 0 aromatic carbocycles. The lowest BCUT2D eigenvalue weighted by Crippen LogP contribution is -2.30. The molecule has 2 heterocycles. The Morgan fingerprint density at radius 3 is 2.74 bits per heavy atom. The molecule has 2 fully saturated rings. The fourth-order valence-electron chi connectivity index (χ4n) is 3.99.